The molecule has 0 fully saturated rings. The summed E-state index contributed by atoms with van der Waals surface area (Å²) < 4.78 is 0. The van der Waals surface area contributed by atoms with Crippen molar-refractivity contribution in [1.82, 2.24) is 15.5 Å². The molecule has 0 aliphatic rings. The van der Waals surface area contributed by atoms with Crippen molar-refractivity contribution in [3.63, 3.8) is 0 Å². The molecule has 18 heavy (non-hydrogen) atoms. The van der Waals surface area contributed by atoms with E-state index in [-0.39, 0.29) is 6.54 Å². The molecule has 0 saturated heterocycles. The van der Waals surface area contributed by atoms with Crippen molar-refractivity contribution >= 4 is 17.7 Å². The molecule has 1 aromatic heterocycles. The first-order chi connectivity index (χ1) is 8.24. The summed E-state index contributed by atoms with van der Waals surface area (Å²) in [6.07, 6.45) is 0. The number of anilines is 1. The van der Waals surface area contributed by atoms with Crippen molar-refractivity contribution in [2.24, 2.45) is 5.41 Å². The average Bonchev–Trinajstić information content (AvgIpc) is 2.58. The fourth-order valence-corrected chi connectivity index (χ4v) is 1.27. The van der Waals surface area contributed by atoms with Gasteiger partial charge in [0.25, 0.3) is 0 Å². The monoisotopic (exact) mass is 254 g/mol. The Morgan fingerprint density at radius 3 is 2.44 bits per heavy atom. The lowest BCUT2D eigenvalue weighted by atomic mass is 9.94. The lowest BCUT2D eigenvalue weighted by molar-refractivity contribution is -0.146. The summed E-state index contributed by atoms with van der Waals surface area (Å²) in [6, 6.07) is -0.447. The van der Waals surface area contributed by atoms with E-state index in [1.165, 1.54) is 0 Å². The van der Waals surface area contributed by atoms with E-state index in [0.717, 1.165) is 5.69 Å². The van der Waals surface area contributed by atoms with Crippen LogP contribution in [0, 0.1) is 19.3 Å². The van der Waals surface area contributed by atoms with Crippen LogP contribution in [0.5, 0.6) is 0 Å². The standard InChI is InChI=1S/C11H18N4O3/c1-6-8(7(2)15-14-6)13-10(18)12-5-11(3,4)9(16)17/h5H2,1-4H3,(H,14,15)(H,16,17)(H2,12,13,18). The number of carboxylic acids is 1. The van der Waals surface area contributed by atoms with Gasteiger partial charge in [-0.3, -0.25) is 9.89 Å². The number of aryl methyl sites for hydroxylation is 2. The number of carbonyl (C=O) groups is 2. The molecule has 2 amide bonds. The quantitative estimate of drug-likeness (QED) is 0.648. The molecule has 1 rings (SSSR count). The minimum atomic E-state index is -1.00. The number of carboxylic acid groups (broad SMARTS) is 1. The first-order valence-electron chi connectivity index (χ1n) is 5.54. The first-order valence-corrected chi connectivity index (χ1v) is 5.54. The number of aromatic nitrogens is 2. The molecular weight excluding hydrogens is 236 g/mol. The molecular formula is C11H18N4O3. The molecule has 0 bridgehead atoms. The van der Waals surface area contributed by atoms with E-state index in [2.05, 4.69) is 20.8 Å². The molecule has 0 radical (unpaired) electrons. The number of aromatic amines is 1. The van der Waals surface area contributed by atoms with Gasteiger partial charge in [-0.2, -0.15) is 5.10 Å². The number of nitrogens with zero attached hydrogens (tertiary/aromatic N) is 1. The molecule has 0 spiro atoms. The molecule has 0 unspecified atom stereocenters. The predicted octanol–water partition coefficient (Wildman–Crippen LogP) is 1.26. The zero-order valence-corrected chi connectivity index (χ0v) is 10.9. The number of amides is 2. The number of carbonyl (C=O) groups excluding carboxylic acids is 1. The highest BCUT2D eigenvalue weighted by atomic mass is 16.4. The summed E-state index contributed by atoms with van der Waals surface area (Å²) in [5.74, 6) is -0.960. The molecule has 7 heteroatoms. The van der Waals surface area contributed by atoms with Gasteiger partial charge in [-0.25, -0.2) is 4.79 Å². The van der Waals surface area contributed by atoms with Crippen LogP contribution in [-0.4, -0.2) is 33.8 Å². The first kappa shape index (κ1) is 14.0. The van der Waals surface area contributed by atoms with Crippen molar-refractivity contribution in [3.05, 3.63) is 11.4 Å². The van der Waals surface area contributed by atoms with E-state index in [4.69, 9.17) is 5.11 Å². The van der Waals surface area contributed by atoms with Gasteiger partial charge in [-0.15, -0.1) is 0 Å². The Hall–Kier alpha value is -2.05. The van der Waals surface area contributed by atoms with Crippen LogP contribution < -0.4 is 10.6 Å². The van der Waals surface area contributed by atoms with Crippen LogP contribution in [0.2, 0.25) is 0 Å². The van der Waals surface area contributed by atoms with Gasteiger partial charge in [0.15, 0.2) is 0 Å². The minimum absolute atomic E-state index is 0.0457. The van der Waals surface area contributed by atoms with Crippen LogP contribution in [0.25, 0.3) is 0 Å². The molecule has 0 aliphatic carbocycles. The second-order valence-corrected chi connectivity index (χ2v) is 4.81. The Labute approximate surface area is 105 Å². The maximum atomic E-state index is 11.6. The molecule has 7 nitrogen and oxygen atoms in total. The molecule has 1 aromatic rings. The Morgan fingerprint density at radius 2 is 2.00 bits per heavy atom. The second kappa shape index (κ2) is 5.07. The molecule has 100 valence electrons. The van der Waals surface area contributed by atoms with E-state index in [0.29, 0.717) is 11.4 Å². The molecule has 0 aromatic carbocycles. The van der Waals surface area contributed by atoms with Crippen LogP contribution >= 0.6 is 0 Å². The third kappa shape index (κ3) is 3.22. The number of nitrogens with one attached hydrogen (secondary N) is 3. The van der Waals surface area contributed by atoms with E-state index in [9.17, 15) is 9.59 Å². The van der Waals surface area contributed by atoms with E-state index in [1.54, 1.807) is 27.7 Å². The number of hydrogen-bond acceptors (Lipinski definition) is 3. The highest BCUT2D eigenvalue weighted by Gasteiger charge is 2.27. The molecule has 0 atom stereocenters. The number of rotatable bonds is 4. The van der Waals surface area contributed by atoms with Crippen LogP contribution in [0.3, 0.4) is 0 Å². The average molecular weight is 254 g/mol. The number of H-pyrrole nitrogens is 1. The predicted molar refractivity (Wildman–Crippen MR) is 66.5 cm³/mol. The van der Waals surface area contributed by atoms with Crippen molar-refractivity contribution in [2.75, 3.05) is 11.9 Å². The van der Waals surface area contributed by atoms with Crippen LogP contribution in [0.15, 0.2) is 0 Å². The molecule has 0 saturated carbocycles. The zero-order valence-electron chi connectivity index (χ0n) is 10.9. The summed E-state index contributed by atoms with van der Waals surface area (Å²) in [6.45, 7) is 6.69. The normalized spacial score (nSPS) is 11.1. The molecule has 4 N–H and O–H groups in total. The van der Waals surface area contributed by atoms with Gasteiger partial charge in [0.1, 0.15) is 0 Å². The fraction of sp³-hybridized carbons (Fsp3) is 0.545. The Balaban J connectivity index is 2.56. The largest absolute Gasteiger partial charge is 0.481 e. The minimum Gasteiger partial charge on any atom is -0.481 e. The topological polar surface area (TPSA) is 107 Å². The van der Waals surface area contributed by atoms with Gasteiger partial charge in [0.2, 0.25) is 0 Å². The highest BCUT2D eigenvalue weighted by molar-refractivity contribution is 5.90. The Morgan fingerprint density at radius 1 is 1.39 bits per heavy atom. The number of urea groups is 1. The van der Waals surface area contributed by atoms with Crippen molar-refractivity contribution in [2.45, 2.75) is 27.7 Å². The van der Waals surface area contributed by atoms with E-state index >= 15 is 0 Å². The van der Waals surface area contributed by atoms with Crippen LogP contribution in [0.4, 0.5) is 10.5 Å². The Bertz CT molecular complexity index is 445. The smallest absolute Gasteiger partial charge is 0.319 e. The third-order valence-electron chi connectivity index (χ3n) is 2.64. The maximum absolute atomic E-state index is 11.6. The van der Waals surface area contributed by atoms with Gasteiger partial charge in [-0.05, 0) is 27.7 Å². The summed E-state index contributed by atoms with van der Waals surface area (Å²) in [7, 11) is 0. The van der Waals surface area contributed by atoms with E-state index < -0.39 is 17.4 Å². The van der Waals surface area contributed by atoms with Crippen molar-refractivity contribution < 1.29 is 14.7 Å². The molecule has 1 heterocycles. The summed E-state index contributed by atoms with van der Waals surface area (Å²) in [5.41, 5.74) is 1.04. The zero-order chi connectivity index (χ0) is 13.9. The van der Waals surface area contributed by atoms with Crippen molar-refractivity contribution in [1.29, 1.82) is 0 Å². The van der Waals surface area contributed by atoms with Crippen molar-refractivity contribution in [3.8, 4) is 0 Å². The molecule has 0 aliphatic heterocycles. The number of hydrogen-bond donors (Lipinski definition) is 4. The summed E-state index contributed by atoms with van der Waals surface area (Å²) in [4.78, 5) is 22.5. The lowest BCUT2D eigenvalue weighted by Crippen LogP contribution is -2.40. The van der Waals surface area contributed by atoms with Gasteiger partial charge < -0.3 is 15.7 Å². The van der Waals surface area contributed by atoms with Gasteiger partial charge in [-0.1, -0.05) is 0 Å². The summed E-state index contributed by atoms with van der Waals surface area (Å²) in [5, 5.41) is 20.8. The highest BCUT2D eigenvalue weighted by Crippen LogP contribution is 2.16. The second-order valence-electron chi connectivity index (χ2n) is 4.81. The van der Waals surface area contributed by atoms with Crippen LogP contribution in [-0.2, 0) is 4.79 Å². The Kier molecular flexibility index (Phi) is 3.95. The van der Waals surface area contributed by atoms with Gasteiger partial charge in [0, 0.05) is 6.54 Å². The van der Waals surface area contributed by atoms with Gasteiger partial charge >= 0.3 is 12.0 Å². The van der Waals surface area contributed by atoms with Gasteiger partial charge in [0.05, 0.1) is 22.5 Å². The van der Waals surface area contributed by atoms with E-state index in [1.807, 2.05) is 0 Å². The third-order valence-corrected chi connectivity index (χ3v) is 2.64. The maximum Gasteiger partial charge on any atom is 0.319 e. The van der Waals surface area contributed by atoms with Crippen LogP contribution in [0.1, 0.15) is 25.2 Å². The SMILES string of the molecule is Cc1n[nH]c(C)c1NC(=O)NCC(C)(C)C(=O)O. The summed E-state index contributed by atoms with van der Waals surface area (Å²) >= 11 is 0. The number of aliphatic carboxylic acids is 1. The fourth-order valence-electron chi connectivity index (χ4n) is 1.27. The lowest BCUT2D eigenvalue weighted by Gasteiger charge is -2.19.